The smallest absolute Gasteiger partial charge is 0.255 e. The minimum absolute atomic E-state index is 0. The molecular formula is C18H22ClN3O2S. The number of carbonyl (C=O) groups is 2. The van der Waals surface area contributed by atoms with Gasteiger partial charge in [-0.2, -0.15) is 0 Å². The molecule has 2 amide bonds. The van der Waals surface area contributed by atoms with Crippen LogP contribution in [0.1, 0.15) is 23.2 Å². The minimum Gasteiger partial charge on any atom is -0.337 e. The second kappa shape index (κ2) is 7.72. The second-order valence-corrected chi connectivity index (χ2v) is 7.37. The molecule has 7 heteroatoms. The summed E-state index contributed by atoms with van der Waals surface area (Å²) in [5.41, 5.74) is 0.794. The lowest BCUT2D eigenvalue weighted by Gasteiger charge is -2.41. The molecule has 0 bridgehead atoms. The number of amides is 2. The molecular weight excluding hydrogens is 358 g/mol. The molecule has 1 atom stereocenters. The number of rotatable bonds is 2. The van der Waals surface area contributed by atoms with Gasteiger partial charge in [-0.3, -0.25) is 9.59 Å². The van der Waals surface area contributed by atoms with Gasteiger partial charge in [0.15, 0.2) is 0 Å². The van der Waals surface area contributed by atoms with Crippen molar-refractivity contribution in [2.75, 3.05) is 32.7 Å². The third kappa shape index (κ3) is 3.52. The van der Waals surface area contributed by atoms with Crippen LogP contribution in [0.25, 0.3) is 10.1 Å². The van der Waals surface area contributed by atoms with Gasteiger partial charge in [0.1, 0.15) is 0 Å². The lowest BCUT2D eigenvalue weighted by molar-refractivity contribution is -0.135. The Labute approximate surface area is 157 Å². The summed E-state index contributed by atoms with van der Waals surface area (Å²) < 4.78 is 1.15. The van der Waals surface area contributed by atoms with E-state index in [1.165, 1.54) is 0 Å². The zero-order valence-corrected chi connectivity index (χ0v) is 15.6. The molecule has 2 aromatic rings. The van der Waals surface area contributed by atoms with Crippen LogP contribution in [0.3, 0.4) is 0 Å². The standard InChI is InChI=1S/C18H21N3O2S.ClH/c22-17-10-19-7-9-21(17)13-4-3-8-20(11-13)18(23)15-12-24-16-6-2-1-5-14(15)16;/h1-2,5-6,12-13,19H,3-4,7-11H2;1H. The zero-order chi connectivity index (χ0) is 16.5. The molecule has 1 unspecified atom stereocenters. The van der Waals surface area contributed by atoms with Crippen molar-refractivity contribution in [2.24, 2.45) is 0 Å². The van der Waals surface area contributed by atoms with Crippen molar-refractivity contribution in [3.05, 3.63) is 35.2 Å². The fraction of sp³-hybridized carbons (Fsp3) is 0.444. The number of fused-ring (bicyclic) bond motifs is 1. The number of nitrogens with zero attached hydrogens (tertiary/aromatic N) is 2. The SMILES string of the molecule is Cl.O=C(c1csc2ccccc12)N1CCCC(N2CCNCC2=O)C1. The van der Waals surface area contributed by atoms with E-state index in [-0.39, 0.29) is 30.3 Å². The van der Waals surface area contributed by atoms with E-state index >= 15 is 0 Å². The zero-order valence-electron chi connectivity index (χ0n) is 13.9. The summed E-state index contributed by atoms with van der Waals surface area (Å²) >= 11 is 1.62. The first-order valence-corrected chi connectivity index (χ1v) is 9.38. The second-order valence-electron chi connectivity index (χ2n) is 6.46. The van der Waals surface area contributed by atoms with Gasteiger partial charge in [0.2, 0.25) is 5.91 Å². The average Bonchev–Trinajstić information content (AvgIpc) is 3.06. The highest BCUT2D eigenvalue weighted by Gasteiger charge is 2.32. The maximum Gasteiger partial charge on any atom is 0.255 e. The Balaban J connectivity index is 0.00000182. The lowest BCUT2D eigenvalue weighted by atomic mass is 10.0. The highest BCUT2D eigenvalue weighted by molar-refractivity contribution is 7.17. The number of piperazine rings is 1. The van der Waals surface area contributed by atoms with Gasteiger partial charge in [-0.15, -0.1) is 23.7 Å². The van der Waals surface area contributed by atoms with Gasteiger partial charge >= 0.3 is 0 Å². The van der Waals surface area contributed by atoms with Crippen molar-refractivity contribution in [1.29, 1.82) is 0 Å². The van der Waals surface area contributed by atoms with Crippen molar-refractivity contribution in [1.82, 2.24) is 15.1 Å². The molecule has 3 heterocycles. The number of carbonyl (C=O) groups excluding carboxylic acids is 2. The molecule has 0 radical (unpaired) electrons. The van der Waals surface area contributed by atoms with Crippen molar-refractivity contribution < 1.29 is 9.59 Å². The predicted molar refractivity (Wildman–Crippen MR) is 103 cm³/mol. The Morgan fingerprint density at radius 1 is 1.24 bits per heavy atom. The van der Waals surface area contributed by atoms with E-state index in [1.54, 1.807) is 11.3 Å². The van der Waals surface area contributed by atoms with E-state index < -0.39 is 0 Å². The quantitative estimate of drug-likeness (QED) is 0.871. The Bertz CT molecular complexity index is 779. The average molecular weight is 380 g/mol. The van der Waals surface area contributed by atoms with E-state index in [0.717, 1.165) is 48.1 Å². The Morgan fingerprint density at radius 3 is 2.92 bits per heavy atom. The molecule has 2 aliphatic rings. The third-order valence-corrected chi connectivity index (χ3v) is 5.93. The van der Waals surface area contributed by atoms with Gasteiger partial charge in [-0.05, 0) is 18.9 Å². The molecule has 4 rings (SSSR count). The van der Waals surface area contributed by atoms with Crippen LogP contribution in [0.2, 0.25) is 0 Å². The molecule has 0 aliphatic carbocycles. The highest BCUT2D eigenvalue weighted by atomic mass is 35.5. The topological polar surface area (TPSA) is 52.7 Å². The molecule has 0 spiro atoms. The van der Waals surface area contributed by atoms with E-state index in [2.05, 4.69) is 11.4 Å². The number of hydrogen-bond donors (Lipinski definition) is 1. The van der Waals surface area contributed by atoms with Crippen molar-refractivity contribution in [2.45, 2.75) is 18.9 Å². The van der Waals surface area contributed by atoms with Gasteiger partial charge in [0.05, 0.1) is 12.1 Å². The number of nitrogens with one attached hydrogen (secondary N) is 1. The third-order valence-electron chi connectivity index (χ3n) is 4.96. The maximum atomic E-state index is 13.0. The molecule has 2 saturated heterocycles. The summed E-state index contributed by atoms with van der Waals surface area (Å²) in [6.45, 7) is 3.42. The molecule has 1 aromatic heterocycles. The normalized spacial score (nSPS) is 21.3. The number of thiophene rings is 1. The van der Waals surface area contributed by atoms with Crippen molar-refractivity contribution >= 4 is 45.6 Å². The number of hydrogen-bond acceptors (Lipinski definition) is 4. The van der Waals surface area contributed by atoms with Gasteiger partial charge in [0, 0.05) is 47.7 Å². The first kappa shape index (κ1) is 18.2. The summed E-state index contributed by atoms with van der Waals surface area (Å²) in [6.07, 6.45) is 1.94. The van der Waals surface area contributed by atoms with Gasteiger partial charge in [-0.25, -0.2) is 0 Å². The van der Waals surface area contributed by atoms with Crippen LogP contribution >= 0.6 is 23.7 Å². The molecule has 134 valence electrons. The molecule has 5 nitrogen and oxygen atoms in total. The van der Waals surface area contributed by atoms with Crippen LogP contribution < -0.4 is 5.32 Å². The van der Waals surface area contributed by atoms with Crippen LogP contribution in [0.4, 0.5) is 0 Å². The molecule has 1 aromatic carbocycles. The maximum absolute atomic E-state index is 13.0. The molecule has 2 aliphatic heterocycles. The van der Waals surface area contributed by atoms with Crippen LogP contribution in [0.15, 0.2) is 29.6 Å². The number of halogens is 1. The van der Waals surface area contributed by atoms with Crippen LogP contribution in [-0.4, -0.2) is 60.4 Å². The van der Waals surface area contributed by atoms with E-state index in [0.29, 0.717) is 13.1 Å². The highest BCUT2D eigenvalue weighted by Crippen LogP contribution is 2.28. The summed E-state index contributed by atoms with van der Waals surface area (Å²) in [6, 6.07) is 8.20. The van der Waals surface area contributed by atoms with Crippen LogP contribution in [0.5, 0.6) is 0 Å². The molecule has 1 N–H and O–H groups in total. The minimum atomic E-state index is 0. The lowest BCUT2D eigenvalue weighted by Crippen LogP contribution is -2.57. The van der Waals surface area contributed by atoms with Gasteiger partial charge in [-0.1, -0.05) is 18.2 Å². The number of piperidine rings is 1. The van der Waals surface area contributed by atoms with Gasteiger partial charge in [0.25, 0.3) is 5.91 Å². The number of likely N-dealkylation sites (tertiary alicyclic amines) is 1. The Kier molecular flexibility index (Phi) is 5.61. The largest absolute Gasteiger partial charge is 0.337 e. The summed E-state index contributed by atoms with van der Waals surface area (Å²) in [5.74, 6) is 0.251. The molecule has 0 saturated carbocycles. The van der Waals surface area contributed by atoms with Gasteiger partial charge < -0.3 is 15.1 Å². The first-order chi connectivity index (χ1) is 11.7. The molecule has 25 heavy (non-hydrogen) atoms. The van der Waals surface area contributed by atoms with Crippen molar-refractivity contribution in [3.8, 4) is 0 Å². The van der Waals surface area contributed by atoms with Crippen LogP contribution in [0, 0.1) is 0 Å². The Morgan fingerprint density at radius 2 is 2.08 bits per heavy atom. The summed E-state index contributed by atoms with van der Waals surface area (Å²) in [7, 11) is 0. The fourth-order valence-electron chi connectivity index (χ4n) is 3.71. The van der Waals surface area contributed by atoms with E-state index in [9.17, 15) is 9.59 Å². The van der Waals surface area contributed by atoms with E-state index in [1.807, 2.05) is 33.4 Å². The summed E-state index contributed by atoms with van der Waals surface area (Å²) in [4.78, 5) is 29.0. The summed E-state index contributed by atoms with van der Waals surface area (Å²) in [5, 5.41) is 6.11. The first-order valence-electron chi connectivity index (χ1n) is 8.50. The van der Waals surface area contributed by atoms with E-state index in [4.69, 9.17) is 0 Å². The van der Waals surface area contributed by atoms with Crippen molar-refractivity contribution in [3.63, 3.8) is 0 Å². The Hall–Kier alpha value is -1.63. The van der Waals surface area contributed by atoms with Crippen LogP contribution in [-0.2, 0) is 4.79 Å². The fourth-order valence-corrected chi connectivity index (χ4v) is 4.65. The number of benzene rings is 1. The predicted octanol–water partition coefficient (Wildman–Crippen LogP) is 2.36. The molecule has 2 fully saturated rings. The monoisotopic (exact) mass is 379 g/mol.